The fourth-order valence-electron chi connectivity index (χ4n) is 3.59. The third kappa shape index (κ3) is 26.5. The second-order valence-corrected chi connectivity index (χ2v) is 11.0. The third-order valence-electron chi connectivity index (χ3n) is 5.79. The minimum absolute atomic E-state index is 0.0493. The lowest BCUT2D eigenvalue weighted by Crippen LogP contribution is -2.29. The molecule has 0 spiro atoms. The van der Waals surface area contributed by atoms with Gasteiger partial charge >= 0.3 is 19.8 Å². The van der Waals surface area contributed by atoms with Crippen LogP contribution < -0.4 is 5.73 Å². The fourth-order valence-corrected chi connectivity index (χ4v) is 4.35. The predicted octanol–water partition coefficient (Wildman–Crippen LogP) is 7.09. The monoisotopic (exact) mass is 587 g/mol. The quantitative estimate of drug-likeness (QED) is 0.0447. The summed E-state index contributed by atoms with van der Waals surface area (Å²) in [7, 11) is -4.35. The molecule has 0 heterocycles. The average Bonchev–Trinajstić information content (AvgIpc) is 2.93. The van der Waals surface area contributed by atoms with Crippen LogP contribution in [0.25, 0.3) is 0 Å². The van der Waals surface area contributed by atoms with Crippen molar-refractivity contribution >= 4 is 19.8 Å². The van der Waals surface area contributed by atoms with E-state index < -0.39 is 32.5 Å². The Morgan fingerprint density at radius 1 is 0.775 bits per heavy atom. The number of carbonyl (C=O) groups is 2. The van der Waals surface area contributed by atoms with Crippen molar-refractivity contribution in [2.75, 3.05) is 26.4 Å². The van der Waals surface area contributed by atoms with Gasteiger partial charge in [-0.15, -0.1) is 0 Å². The Hall–Kier alpha value is -1.77. The summed E-state index contributed by atoms with van der Waals surface area (Å²) in [4.78, 5) is 34.1. The van der Waals surface area contributed by atoms with Crippen LogP contribution in [0.5, 0.6) is 0 Å². The Morgan fingerprint density at radius 2 is 1.38 bits per heavy atom. The number of hydrogen-bond acceptors (Lipinski definition) is 8. The fraction of sp³-hybridized carbons (Fsp3) is 0.733. The molecule has 2 atom stereocenters. The van der Waals surface area contributed by atoms with Crippen molar-refractivity contribution in [2.24, 2.45) is 5.73 Å². The number of esters is 2. The number of nitrogens with two attached hydrogens (primary N) is 1. The van der Waals surface area contributed by atoms with Crippen LogP contribution in [0.3, 0.4) is 0 Å². The molecule has 0 saturated heterocycles. The largest absolute Gasteiger partial charge is 0.472 e. The van der Waals surface area contributed by atoms with Gasteiger partial charge in [0.2, 0.25) is 0 Å². The summed E-state index contributed by atoms with van der Waals surface area (Å²) in [6, 6.07) is 0. The first-order chi connectivity index (χ1) is 19.3. The van der Waals surface area contributed by atoms with E-state index in [1.807, 2.05) is 0 Å². The van der Waals surface area contributed by atoms with Crippen molar-refractivity contribution < 1.29 is 37.6 Å². The van der Waals surface area contributed by atoms with Gasteiger partial charge in [0.25, 0.3) is 0 Å². The summed E-state index contributed by atoms with van der Waals surface area (Å²) in [6.45, 7) is 3.42. The molecule has 0 aliphatic carbocycles. The van der Waals surface area contributed by atoms with Crippen molar-refractivity contribution in [1.82, 2.24) is 0 Å². The standard InChI is InChI=1S/C30H54NO8P/c1-3-5-7-9-10-11-12-13-14-15-16-17-18-19-21-23-30(33)39-28(27-38-40(34,35)37-25-24-31)26-36-29(32)22-20-8-6-4-2/h5,7,10-11,13-14,28H,3-4,6,8-9,12,15-27,31H2,1-2H3,(H,34,35)/b7-5-,11-10-,14-13-. The van der Waals surface area contributed by atoms with E-state index in [4.69, 9.17) is 24.3 Å². The van der Waals surface area contributed by atoms with Crippen LogP contribution in [0.1, 0.15) is 110 Å². The maximum Gasteiger partial charge on any atom is 0.472 e. The first-order valence-corrected chi connectivity index (χ1v) is 16.5. The van der Waals surface area contributed by atoms with Gasteiger partial charge < -0.3 is 20.1 Å². The van der Waals surface area contributed by atoms with Crippen molar-refractivity contribution in [1.29, 1.82) is 0 Å². The number of hydrogen-bond donors (Lipinski definition) is 2. The highest BCUT2D eigenvalue weighted by atomic mass is 31.2. The molecule has 0 fully saturated rings. The van der Waals surface area contributed by atoms with Gasteiger partial charge in [-0.05, 0) is 44.9 Å². The van der Waals surface area contributed by atoms with Crippen LogP contribution in [0.2, 0.25) is 0 Å². The molecular weight excluding hydrogens is 533 g/mol. The topological polar surface area (TPSA) is 134 Å². The number of carbonyl (C=O) groups excluding carboxylic acids is 2. The van der Waals surface area contributed by atoms with E-state index in [-0.39, 0.29) is 32.6 Å². The van der Waals surface area contributed by atoms with Crippen LogP contribution in [0.15, 0.2) is 36.5 Å². The zero-order valence-corrected chi connectivity index (χ0v) is 25.7. The molecule has 0 bridgehead atoms. The van der Waals surface area contributed by atoms with E-state index in [2.05, 4.69) is 50.3 Å². The average molecular weight is 588 g/mol. The first kappa shape index (κ1) is 38.2. The summed E-state index contributed by atoms with van der Waals surface area (Å²) in [6.07, 6.45) is 25.2. The van der Waals surface area contributed by atoms with E-state index in [0.717, 1.165) is 77.0 Å². The number of ether oxygens (including phenoxy) is 2. The Morgan fingerprint density at radius 3 is 2.05 bits per heavy atom. The first-order valence-electron chi connectivity index (χ1n) is 15.0. The summed E-state index contributed by atoms with van der Waals surface area (Å²) in [5.41, 5.74) is 5.28. The summed E-state index contributed by atoms with van der Waals surface area (Å²) in [5, 5.41) is 0. The summed E-state index contributed by atoms with van der Waals surface area (Å²) >= 11 is 0. The molecule has 0 rings (SSSR count). The van der Waals surface area contributed by atoms with E-state index in [1.54, 1.807) is 0 Å². The third-order valence-corrected chi connectivity index (χ3v) is 6.77. The van der Waals surface area contributed by atoms with Gasteiger partial charge in [0.15, 0.2) is 6.10 Å². The normalized spacial score (nSPS) is 14.2. The predicted molar refractivity (Wildman–Crippen MR) is 160 cm³/mol. The van der Waals surface area contributed by atoms with Gasteiger partial charge in [-0.1, -0.05) is 88.8 Å². The highest BCUT2D eigenvalue weighted by Gasteiger charge is 2.25. The smallest absolute Gasteiger partial charge is 0.462 e. The van der Waals surface area contributed by atoms with Gasteiger partial charge in [-0.25, -0.2) is 4.57 Å². The number of phosphoric acid groups is 1. The molecule has 3 N–H and O–H groups in total. The minimum Gasteiger partial charge on any atom is -0.462 e. The van der Waals surface area contributed by atoms with Crippen molar-refractivity contribution in [2.45, 2.75) is 116 Å². The molecule has 0 aromatic heterocycles. The molecule has 0 radical (unpaired) electrons. The molecule has 232 valence electrons. The lowest BCUT2D eigenvalue weighted by molar-refractivity contribution is -0.161. The van der Waals surface area contributed by atoms with Crippen LogP contribution in [0.4, 0.5) is 0 Å². The zero-order chi connectivity index (χ0) is 29.7. The van der Waals surface area contributed by atoms with Crippen LogP contribution in [0, 0.1) is 0 Å². The van der Waals surface area contributed by atoms with Crippen molar-refractivity contribution in [3.8, 4) is 0 Å². The summed E-state index contributed by atoms with van der Waals surface area (Å²) in [5.74, 6) is -0.876. The molecule has 0 amide bonds. The van der Waals surface area contributed by atoms with Gasteiger partial charge in [-0.3, -0.25) is 18.6 Å². The maximum absolute atomic E-state index is 12.4. The van der Waals surface area contributed by atoms with Crippen molar-refractivity contribution in [3.63, 3.8) is 0 Å². The SMILES string of the molecule is CC/C=C\C/C=C\C/C=C\CCCCCCCC(=O)OC(COC(=O)CCCCCC)COP(=O)(O)OCCN. The molecule has 0 aromatic rings. The van der Waals surface area contributed by atoms with E-state index in [0.29, 0.717) is 6.42 Å². The zero-order valence-electron chi connectivity index (χ0n) is 24.8. The molecule has 0 aliphatic heterocycles. The van der Waals surface area contributed by atoms with E-state index in [9.17, 15) is 19.0 Å². The van der Waals surface area contributed by atoms with Crippen LogP contribution in [-0.4, -0.2) is 49.3 Å². The highest BCUT2D eigenvalue weighted by Crippen LogP contribution is 2.43. The molecule has 40 heavy (non-hydrogen) atoms. The maximum atomic E-state index is 12.4. The number of unbranched alkanes of at least 4 members (excludes halogenated alkanes) is 8. The second kappa shape index (κ2) is 27.4. The van der Waals surface area contributed by atoms with Gasteiger partial charge in [0.1, 0.15) is 6.61 Å². The molecular formula is C30H54NO8P. The number of allylic oxidation sites excluding steroid dienone is 6. The van der Waals surface area contributed by atoms with Crippen LogP contribution >= 0.6 is 7.82 Å². The summed E-state index contributed by atoms with van der Waals surface area (Å²) < 4.78 is 32.2. The number of phosphoric ester groups is 1. The molecule has 2 unspecified atom stereocenters. The molecule has 10 heteroatoms. The van der Waals surface area contributed by atoms with Crippen LogP contribution in [-0.2, 0) is 32.7 Å². The van der Waals surface area contributed by atoms with Gasteiger partial charge in [0.05, 0.1) is 13.2 Å². The van der Waals surface area contributed by atoms with E-state index in [1.165, 1.54) is 0 Å². The Kier molecular flexibility index (Phi) is 26.2. The second-order valence-electron chi connectivity index (χ2n) is 9.59. The molecule has 9 nitrogen and oxygen atoms in total. The minimum atomic E-state index is -4.35. The molecule has 0 saturated carbocycles. The lowest BCUT2D eigenvalue weighted by atomic mass is 10.1. The van der Waals surface area contributed by atoms with Gasteiger partial charge in [-0.2, -0.15) is 0 Å². The Labute approximate surface area is 242 Å². The van der Waals surface area contributed by atoms with Crippen molar-refractivity contribution in [3.05, 3.63) is 36.5 Å². The Bertz CT molecular complexity index is 769. The highest BCUT2D eigenvalue weighted by molar-refractivity contribution is 7.47. The molecule has 0 aromatic carbocycles. The number of rotatable bonds is 27. The lowest BCUT2D eigenvalue weighted by Gasteiger charge is -2.19. The van der Waals surface area contributed by atoms with E-state index >= 15 is 0 Å². The van der Waals surface area contributed by atoms with Gasteiger partial charge in [0, 0.05) is 19.4 Å². The Balaban J connectivity index is 4.26. The molecule has 0 aliphatic rings.